The van der Waals surface area contributed by atoms with Crippen LogP contribution in [0.4, 0.5) is 5.69 Å². The number of ketones is 1. The van der Waals surface area contributed by atoms with Crippen LogP contribution in [-0.4, -0.2) is 12.3 Å². The highest BCUT2D eigenvalue weighted by Crippen LogP contribution is 2.25. The number of hydrogen-bond acceptors (Lipinski definition) is 2. The standard InChI is InChI=1S/C19H21NO/c1-12-9-14(3)17(10-13(12)2)19(21)16-6-7-18-15(11-16)5-4-8-20-18/h6-7,9-11,20H,4-5,8H2,1-3H3. The molecule has 0 amide bonds. The number of carbonyl (C=O) groups excluding carboxylic acids is 1. The third kappa shape index (κ3) is 2.58. The molecule has 2 nitrogen and oxygen atoms in total. The van der Waals surface area contributed by atoms with Gasteiger partial charge in [0, 0.05) is 23.4 Å². The molecule has 1 aliphatic heterocycles. The topological polar surface area (TPSA) is 29.1 Å². The number of carbonyl (C=O) groups is 1. The molecule has 1 aliphatic rings. The molecule has 0 bridgehead atoms. The first kappa shape index (κ1) is 13.9. The van der Waals surface area contributed by atoms with E-state index in [1.54, 1.807) is 0 Å². The predicted octanol–water partition coefficient (Wildman–Crippen LogP) is 4.20. The molecule has 2 aromatic carbocycles. The van der Waals surface area contributed by atoms with Crippen LogP contribution >= 0.6 is 0 Å². The fourth-order valence-corrected chi connectivity index (χ4v) is 2.98. The molecule has 3 rings (SSSR count). The van der Waals surface area contributed by atoms with Gasteiger partial charge in [-0.1, -0.05) is 6.07 Å². The number of fused-ring (bicyclic) bond motifs is 1. The Hall–Kier alpha value is -2.09. The van der Waals surface area contributed by atoms with E-state index in [4.69, 9.17) is 0 Å². The maximum absolute atomic E-state index is 12.8. The summed E-state index contributed by atoms with van der Waals surface area (Å²) in [5.74, 6) is 0.129. The van der Waals surface area contributed by atoms with Crippen LogP contribution in [-0.2, 0) is 6.42 Å². The largest absolute Gasteiger partial charge is 0.385 e. The van der Waals surface area contributed by atoms with E-state index in [9.17, 15) is 4.79 Å². The highest BCUT2D eigenvalue weighted by molar-refractivity contribution is 6.10. The molecule has 1 N–H and O–H groups in total. The van der Waals surface area contributed by atoms with Gasteiger partial charge < -0.3 is 5.32 Å². The zero-order chi connectivity index (χ0) is 15.0. The van der Waals surface area contributed by atoms with Crippen LogP contribution in [0.1, 0.15) is 44.6 Å². The Morgan fingerprint density at radius 1 is 1.00 bits per heavy atom. The van der Waals surface area contributed by atoms with Gasteiger partial charge in [-0.15, -0.1) is 0 Å². The quantitative estimate of drug-likeness (QED) is 0.835. The minimum absolute atomic E-state index is 0.129. The van der Waals surface area contributed by atoms with E-state index in [0.29, 0.717) is 0 Å². The van der Waals surface area contributed by atoms with Crippen LogP contribution in [0, 0.1) is 20.8 Å². The van der Waals surface area contributed by atoms with Crippen molar-refractivity contribution in [2.24, 2.45) is 0 Å². The first-order valence-corrected chi connectivity index (χ1v) is 7.55. The number of anilines is 1. The van der Waals surface area contributed by atoms with Gasteiger partial charge in [-0.05, 0) is 80.1 Å². The molecular formula is C19H21NO. The zero-order valence-corrected chi connectivity index (χ0v) is 12.9. The lowest BCUT2D eigenvalue weighted by Gasteiger charge is -2.18. The summed E-state index contributed by atoms with van der Waals surface area (Å²) >= 11 is 0. The van der Waals surface area contributed by atoms with Crippen molar-refractivity contribution in [1.29, 1.82) is 0 Å². The molecular weight excluding hydrogens is 258 g/mol. The summed E-state index contributed by atoms with van der Waals surface area (Å²) in [6.45, 7) is 7.18. The van der Waals surface area contributed by atoms with Gasteiger partial charge in [0.1, 0.15) is 0 Å². The summed E-state index contributed by atoms with van der Waals surface area (Å²) in [5.41, 5.74) is 7.51. The third-order valence-electron chi connectivity index (χ3n) is 4.39. The van der Waals surface area contributed by atoms with Gasteiger partial charge >= 0.3 is 0 Å². The number of benzene rings is 2. The fourth-order valence-electron chi connectivity index (χ4n) is 2.98. The number of aryl methyl sites for hydroxylation is 4. The summed E-state index contributed by atoms with van der Waals surface area (Å²) < 4.78 is 0. The van der Waals surface area contributed by atoms with E-state index in [2.05, 4.69) is 31.3 Å². The summed E-state index contributed by atoms with van der Waals surface area (Å²) in [4.78, 5) is 12.8. The lowest BCUT2D eigenvalue weighted by Crippen LogP contribution is -2.13. The van der Waals surface area contributed by atoms with Crippen LogP contribution in [0.2, 0.25) is 0 Å². The van der Waals surface area contributed by atoms with Gasteiger partial charge in [0.2, 0.25) is 0 Å². The third-order valence-corrected chi connectivity index (χ3v) is 4.39. The monoisotopic (exact) mass is 279 g/mol. The predicted molar refractivity (Wildman–Crippen MR) is 87.3 cm³/mol. The van der Waals surface area contributed by atoms with Gasteiger partial charge in [0.05, 0.1) is 0 Å². The Morgan fingerprint density at radius 2 is 1.76 bits per heavy atom. The maximum Gasteiger partial charge on any atom is 0.193 e. The minimum atomic E-state index is 0.129. The van der Waals surface area contributed by atoms with Gasteiger partial charge in [0.25, 0.3) is 0 Å². The summed E-state index contributed by atoms with van der Waals surface area (Å²) in [6, 6.07) is 10.2. The Labute approximate surface area is 126 Å². The molecule has 0 aromatic heterocycles. The molecule has 1 heterocycles. The molecule has 2 aromatic rings. The molecule has 0 saturated carbocycles. The molecule has 108 valence electrons. The van der Waals surface area contributed by atoms with E-state index >= 15 is 0 Å². The van der Waals surface area contributed by atoms with Gasteiger partial charge in [-0.2, -0.15) is 0 Å². The molecule has 2 heteroatoms. The molecule has 21 heavy (non-hydrogen) atoms. The van der Waals surface area contributed by atoms with Crippen molar-refractivity contribution in [2.75, 3.05) is 11.9 Å². The van der Waals surface area contributed by atoms with Crippen LogP contribution in [0.5, 0.6) is 0 Å². The second kappa shape index (κ2) is 5.36. The smallest absolute Gasteiger partial charge is 0.193 e. The number of hydrogen-bond donors (Lipinski definition) is 1. The van der Waals surface area contributed by atoms with Crippen molar-refractivity contribution >= 4 is 11.5 Å². The number of rotatable bonds is 2. The maximum atomic E-state index is 12.8. The first-order chi connectivity index (χ1) is 10.1. The van der Waals surface area contributed by atoms with E-state index < -0.39 is 0 Å². The van der Waals surface area contributed by atoms with E-state index in [-0.39, 0.29) is 5.78 Å². The SMILES string of the molecule is Cc1cc(C)c(C(=O)c2ccc3c(c2)CCCN3)cc1C. The van der Waals surface area contributed by atoms with Crippen molar-refractivity contribution in [3.63, 3.8) is 0 Å². The van der Waals surface area contributed by atoms with Crippen molar-refractivity contribution < 1.29 is 4.79 Å². The molecule has 0 fully saturated rings. The lowest BCUT2D eigenvalue weighted by atomic mass is 9.92. The molecule has 0 saturated heterocycles. The molecule has 0 atom stereocenters. The van der Waals surface area contributed by atoms with E-state index in [0.717, 1.165) is 36.1 Å². The Morgan fingerprint density at radius 3 is 2.57 bits per heavy atom. The van der Waals surface area contributed by atoms with E-state index in [1.807, 2.05) is 25.1 Å². The minimum Gasteiger partial charge on any atom is -0.385 e. The fraction of sp³-hybridized carbons (Fsp3) is 0.316. The summed E-state index contributed by atoms with van der Waals surface area (Å²) in [7, 11) is 0. The van der Waals surface area contributed by atoms with Crippen molar-refractivity contribution in [3.8, 4) is 0 Å². The van der Waals surface area contributed by atoms with Crippen LogP contribution < -0.4 is 5.32 Å². The highest BCUT2D eigenvalue weighted by Gasteiger charge is 2.16. The zero-order valence-electron chi connectivity index (χ0n) is 12.9. The highest BCUT2D eigenvalue weighted by atomic mass is 16.1. The molecule has 0 spiro atoms. The Balaban J connectivity index is 2.01. The number of nitrogens with one attached hydrogen (secondary N) is 1. The van der Waals surface area contributed by atoms with Crippen molar-refractivity contribution in [2.45, 2.75) is 33.6 Å². The summed E-state index contributed by atoms with van der Waals surface area (Å²) in [6.07, 6.45) is 2.18. The molecule has 0 radical (unpaired) electrons. The van der Waals surface area contributed by atoms with E-state index in [1.165, 1.54) is 22.4 Å². The average Bonchev–Trinajstić information content (AvgIpc) is 2.50. The van der Waals surface area contributed by atoms with Crippen LogP contribution in [0.15, 0.2) is 30.3 Å². The van der Waals surface area contributed by atoms with Crippen molar-refractivity contribution in [1.82, 2.24) is 0 Å². The second-order valence-electron chi connectivity index (χ2n) is 5.98. The average molecular weight is 279 g/mol. The normalized spacial score (nSPS) is 13.5. The van der Waals surface area contributed by atoms with Crippen molar-refractivity contribution in [3.05, 3.63) is 63.7 Å². The Bertz CT molecular complexity index is 716. The lowest BCUT2D eigenvalue weighted by molar-refractivity contribution is 0.103. The van der Waals surface area contributed by atoms with Gasteiger partial charge in [-0.25, -0.2) is 0 Å². The molecule has 0 unspecified atom stereocenters. The van der Waals surface area contributed by atoms with Gasteiger partial charge in [-0.3, -0.25) is 4.79 Å². The molecule has 0 aliphatic carbocycles. The summed E-state index contributed by atoms with van der Waals surface area (Å²) in [5, 5.41) is 3.39. The van der Waals surface area contributed by atoms with Gasteiger partial charge in [0.15, 0.2) is 5.78 Å². The first-order valence-electron chi connectivity index (χ1n) is 7.55. The Kier molecular flexibility index (Phi) is 3.54. The van der Waals surface area contributed by atoms with Crippen LogP contribution in [0.25, 0.3) is 0 Å². The van der Waals surface area contributed by atoms with Crippen LogP contribution in [0.3, 0.4) is 0 Å². The second-order valence-corrected chi connectivity index (χ2v) is 5.98.